The van der Waals surface area contributed by atoms with Gasteiger partial charge in [0.15, 0.2) is 0 Å². The monoisotopic (exact) mass is 270 g/mol. The molecule has 0 bridgehead atoms. The van der Waals surface area contributed by atoms with Gasteiger partial charge in [-0.1, -0.05) is 29.8 Å². The van der Waals surface area contributed by atoms with Gasteiger partial charge in [0.1, 0.15) is 5.75 Å². The number of hydrogen-bond acceptors (Lipinski definition) is 1. The van der Waals surface area contributed by atoms with Crippen LogP contribution in [0.15, 0.2) is 16.6 Å². The van der Waals surface area contributed by atoms with E-state index in [-0.39, 0.29) is 0 Å². The lowest BCUT2D eigenvalue weighted by atomic mass is 10.1. The Bertz CT molecular complexity index is 308. The van der Waals surface area contributed by atoms with Crippen molar-refractivity contribution in [2.75, 3.05) is 6.61 Å². The fourth-order valence-corrected chi connectivity index (χ4v) is 1.63. The lowest BCUT2D eigenvalue weighted by molar-refractivity contribution is 0.289. The molecule has 0 aliphatic rings. The van der Waals surface area contributed by atoms with Crippen molar-refractivity contribution in [1.82, 2.24) is 0 Å². The standard InChI is InChI=1S/C13H19BrO/c1-9(2)5-6-15-12-7-10(3)13(14)11(4)8-12/h7-9H,5-6H2,1-4H3. The van der Waals surface area contributed by atoms with Crippen LogP contribution < -0.4 is 4.74 Å². The van der Waals surface area contributed by atoms with Gasteiger partial charge in [0.25, 0.3) is 0 Å². The highest BCUT2D eigenvalue weighted by Crippen LogP contribution is 2.26. The van der Waals surface area contributed by atoms with E-state index < -0.39 is 0 Å². The van der Waals surface area contributed by atoms with Crippen molar-refractivity contribution in [3.8, 4) is 5.75 Å². The minimum Gasteiger partial charge on any atom is -0.494 e. The van der Waals surface area contributed by atoms with Crippen molar-refractivity contribution >= 4 is 15.9 Å². The van der Waals surface area contributed by atoms with Gasteiger partial charge in [-0.25, -0.2) is 0 Å². The minimum atomic E-state index is 0.697. The lowest BCUT2D eigenvalue weighted by Crippen LogP contribution is -2.01. The summed E-state index contributed by atoms with van der Waals surface area (Å²) in [6.07, 6.45) is 1.11. The molecule has 0 saturated heterocycles. The third-order valence-corrected chi connectivity index (χ3v) is 3.62. The Morgan fingerprint density at radius 1 is 1.20 bits per heavy atom. The van der Waals surface area contributed by atoms with Gasteiger partial charge >= 0.3 is 0 Å². The number of aryl methyl sites for hydroxylation is 2. The van der Waals surface area contributed by atoms with E-state index in [0.717, 1.165) is 18.8 Å². The van der Waals surface area contributed by atoms with Gasteiger partial charge in [-0.05, 0) is 49.4 Å². The average molecular weight is 271 g/mol. The molecule has 0 amide bonds. The summed E-state index contributed by atoms with van der Waals surface area (Å²) in [5.41, 5.74) is 2.46. The topological polar surface area (TPSA) is 9.23 Å². The van der Waals surface area contributed by atoms with Crippen molar-refractivity contribution in [2.45, 2.75) is 34.1 Å². The molecule has 2 heteroatoms. The quantitative estimate of drug-likeness (QED) is 0.784. The molecule has 1 aromatic carbocycles. The maximum Gasteiger partial charge on any atom is 0.119 e. The van der Waals surface area contributed by atoms with Gasteiger partial charge in [0.2, 0.25) is 0 Å². The fourth-order valence-electron chi connectivity index (χ4n) is 1.40. The molecule has 1 rings (SSSR count). The van der Waals surface area contributed by atoms with Crippen LogP contribution in [0.5, 0.6) is 5.75 Å². The first-order valence-corrected chi connectivity index (χ1v) is 6.19. The Morgan fingerprint density at radius 2 is 1.73 bits per heavy atom. The Hall–Kier alpha value is -0.500. The SMILES string of the molecule is Cc1cc(OCCC(C)C)cc(C)c1Br. The fraction of sp³-hybridized carbons (Fsp3) is 0.538. The van der Waals surface area contributed by atoms with Gasteiger partial charge in [-0.3, -0.25) is 0 Å². The van der Waals surface area contributed by atoms with Crippen molar-refractivity contribution in [3.63, 3.8) is 0 Å². The Morgan fingerprint density at radius 3 is 2.20 bits per heavy atom. The van der Waals surface area contributed by atoms with E-state index in [0.29, 0.717) is 5.92 Å². The van der Waals surface area contributed by atoms with E-state index in [1.807, 2.05) is 0 Å². The molecule has 0 spiro atoms. The largest absolute Gasteiger partial charge is 0.494 e. The molecule has 0 heterocycles. The second-order valence-corrected chi connectivity index (χ2v) is 5.20. The number of ether oxygens (including phenoxy) is 1. The van der Waals surface area contributed by atoms with Crippen LogP contribution in [0.1, 0.15) is 31.4 Å². The Labute approximate surface area is 101 Å². The molecule has 0 unspecified atom stereocenters. The van der Waals surface area contributed by atoms with Gasteiger partial charge < -0.3 is 4.74 Å². The molecule has 0 aliphatic heterocycles. The minimum absolute atomic E-state index is 0.697. The summed E-state index contributed by atoms with van der Waals surface area (Å²) in [5, 5.41) is 0. The van der Waals surface area contributed by atoms with Crippen LogP contribution in [0.25, 0.3) is 0 Å². The molecule has 0 aliphatic carbocycles. The molecule has 0 aromatic heterocycles. The smallest absolute Gasteiger partial charge is 0.119 e. The summed E-state index contributed by atoms with van der Waals surface area (Å²) >= 11 is 3.55. The second kappa shape index (κ2) is 5.55. The van der Waals surface area contributed by atoms with Crippen molar-refractivity contribution in [1.29, 1.82) is 0 Å². The highest BCUT2D eigenvalue weighted by atomic mass is 79.9. The van der Waals surface area contributed by atoms with E-state index >= 15 is 0 Å². The summed E-state index contributed by atoms with van der Waals surface area (Å²) in [6.45, 7) is 9.40. The molecule has 1 aromatic rings. The van der Waals surface area contributed by atoms with E-state index in [2.05, 4.69) is 55.8 Å². The summed E-state index contributed by atoms with van der Waals surface area (Å²) < 4.78 is 6.89. The van der Waals surface area contributed by atoms with E-state index in [4.69, 9.17) is 4.74 Å². The molecule has 15 heavy (non-hydrogen) atoms. The number of benzene rings is 1. The molecule has 0 radical (unpaired) electrons. The zero-order valence-corrected chi connectivity index (χ0v) is 11.5. The molecular weight excluding hydrogens is 252 g/mol. The molecule has 0 N–H and O–H groups in total. The van der Waals surface area contributed by atoms with Crippen LogP contribution in [-0.2, 0) is 0 Å². The first-order valence-electron chi connectivity index (χ1n) is 5.40. The lowest BCUT2D eigenvalue weighted by Gasteiger charge is -2.11. The van der Waals surface area contributed by atoms with Crippen molar-refractivity contribution in [2.24, 2.45) is 5.92 Å². The Kier molecular flexibility index (Phi) is 4.65. The van der Waals surface area contributed by atoms with Crippen LogP contribution in [0.3, 0.4) is 0 Å². The Balaban J connectivity index is 2.63. The van der Waals surface area contributed by atoms with E-state index in [1.54, 1.807) is 0 Å². The molecule has 0 saturated carbocycles. The third kappa shape index (κ3) is 3.86. The van der Waals surface area contributed by atoms with Crippen LogP contribution in [0.4, 0.5) is 0 Å². The molecular formula is C13H19BrO. The number of hydrogen-bond donors (Lipinski definition) is 0. The van der Waals surface area contributed by atoms with Crippen LogP contribution in [0, 0.1) is 19.8 Å². The van der Waals surface area contributed by atoms with Gasteiger partial charge in [0.05, 0.1) is 6.61 Å². The molecule has 1 nitrogen and oxygen atoms in total. The maximum atomic E-state index is 5.71. The van der Waals surface area contributed by atoms with Gasteiger partial charge in [-0.2, -0.15) is 0 Å². The van der Waals surface area contributed by atoms with Gasteiger partial charge in [0, 0.05) is 4.47 Å². The zero-order chi connectivity index (χ0) is 11.4. The first-order chi connectivity index (χ1) is 7.00. The summed E-state index contributed by atoms with van der Waals surface area (Å²) in [4.78, 5) is 0. The second-order valence-electron chi connectivity index (χ2n) is 4.40. The molecule has 0 fully saturated rings. The van der Waals surface area contributed by atoms with Gasteiger partial charge in [-0.15, -0.1) is 0 Å². The van der Waals surface area contributed by atoms with Crippen molar-refractivity contribution < 1.29 is 4.74 Å². The van der Waals surface area contributed by atoms with E-state index in [1.165, 1.54) is 15.6 Å². The normalized spacial score (nSPS) is 10.8. The zero-order valence-electron chi connectivity index (χ0n) is 9.93. The average Bonchev–Trinajstić information content (AvgIpc) is 2.13. The van der Waals surface area contributed by atoms with E-state index in [9.17, 15) is 0 Å². The van der Waals surface area contributed by atoms with Crippen LogP contribution >= 0.6 is 15.9 Å². The van der Waals surface area contributed by atoms with Crippen LogP contribution in [0.2, 0.25) is 0 Å². The number of halogens is 1. The summed E-state index contributed by atoms with van der Waals surface area (Å²) in [6, 6.07) is 4.16. The third-order valence-electron chi connectivity index (χ3n) is 2.37. The maximum absolute atomic E-state index is 5.71. The number of rotatable bonds is 4. The highest BCUT2D eigenvalue weighted by Gasteiger charge is 2.03. The van der Waals surface area contributed by atoms with Crippen molar-refractivity contribution in [3.05, 3.63) is 27.7 Å². The summed E-state index contributed by atoms with van der Waals surface area (Å²) in [5.74, 6) is 1.68. The predicted molar refractivity (Wildman–Crippen MR) is 68.6 cm³/mol. The highest BCUT2D eigenvalue weighted by molar-refractivity contribution is 9.10. The molecule has 84 valence electrons. The van der Waals surface area contributed by atoms with Crippen LogP contribution in [-0.4, -0.2) is 6.61 Å². The summed E-state index contributed by atoms with van der Waals surface area (Å²) in [7, 11) is 0. The predicted octanol–water partition coefficient (Wildman–Crippen LogP) is 4.49. The first kappa shape index (κ1) is 12.6. The molecule has 0 atom stereocenters.